The number of hydrogen-bond donors (Lipinski definition) is 1. The van der Waals surface area contributed by atoms with E-state index in [1.807, 2.05) is 18.2 Å². The summed E-state index contributed by atoms with van der Waals surface area (Å²) in [5.74, 6) is 0.806. The third-order valence-corrected chi connectivity index (χ3v) is 3.43. The maximum absolute atomic E-state index is 5.98. The smallest absolute Gasteiger partial charge is 0.161 e. The second-order valence-corrected chi connectivity index (χ2v) is 5.73. The van der Waals surface area contributed by atoms with Gasteiger partial charge in [0.2, 0.25) is 0 Å². The van der Waals surface area contributed by atoms with Crippen LogP contribution in [0.2, 0.25) is 5.02 Å². The second kappa shape index (κ2) is 5.84. The van der Waals surface area contributed by atoms with Crippen LogP contribution in [-0.2, 0) is 6.54 Å². The minimum Gasteiger partial charge on any atom is -0.309 e. The lowest BCUT2D eigenvalue weighted by atomic mass is 10.1. The van der Waals surface area contributed by atoms with Crippen LogP contribution in [-0.4, -0.2) is 20.8 Å². The van der Waals surface area contributed by atoms with Crippen molar-refractivity contribution in [2.24, 2.45) is 0 Å². The molecule has 0 aliphatic carbocycles. The first-order valence-electron chi connectivity index (χ1n) is 6.96. The van der Waals surface area contributed by atoms with Gasteiger partial charge in [-0.1, -0.05) is 49.7 Å². The molecule has 2 aromatic heterocycles. The Morgan fingerprint density at radius 3 is 2.81 bits per heavy atom. The predicted octanol–water partition coefficient (Wildman–Crippen LogP) is 3.57. The van der Waals surface area contributed by atoms with Crippen molar-refractivity contribution in [3.05, 3.63) is 53.4 Å². The van der Waals surface area contributed by atoms with Gasteiger partial charge < -0.3 is 5.32 Å². The minimum absolute atomic E-state index is 0.417. The molecule has 1 N–H and O–H groups in total. The van der Waals surface area contributed by atoms with E-state index in [-0.39, 0.29) is 0 Å². The lowest BCUT2D eigenvalue weighted by Crippen LogP contribution is -2.22. The summed E-state index contributed by atoms with van der Waals surface area (Å²) in [7, 11) is 0. The number of rotatable bonds is 4. The van der Waals surface area contributed by atoms with Gasteiger partial charge in [0.25, 0.3) is 0 Å². The summed E-state index contributed by atoms with van der Waals surface area (Å²) in [5.41, 5.74) is 0.990. The molecule has 0 atom stereocenters. The zero-order valence-corrected chi connectivity index (χ0v) is 12.8. The first kappa shape index (κ1) is 14.0. The molecule has 0 bridgehead atoms. The Bertz CT molecular complexity index is 764. The zero-order valence-electron chi connectivity index (χ0n) is 12.0. The maximum Gasteiger partial charge on any atom is 0.161 e. The number of halogens is 1. The largest absolute Gasteiger partial charge is 0.309 e. The summed E-state index contributed by atoms with van der Waals surface area (Å²) < 4.78 is 1.73. The van der Waals surface area contributed by atoms with Crippen LogP contribution in [0.25, 0.3) is 16.6 Å². The molecule has 108 valence electrons. The number of nitrogens with zero attached hydrogens (tertiary/aromatic N) is 3. The Hall–Kier alpha value is -1.91. The van der Waals surface area contributed by atoms with Crippen LogP contribution in [0, 0.1) is 0 Å². The average molecular weight is 301 g/mol. The van der Waals surface area contributed by atoms with E-state index in [4.69, 9.17) is 16.6 Å². The molecule has 0 fully saturated rings. The van der Waals surface area contributed by atoms with Gasteiger partial charge >= 0.3 is 0 Å². The second-order valence-electron chi connectivity index (χ2n) is 5.30. The van der Waals surface area contributed by atoms with E-state index < -0.39 is 0 Å². The van der Waals surface area contributed by atoms with Gasteiger partial charge in [0.1, 0.15) is 0 Å². The third kappa shape index (κ3) is 3.06. The Morgan fingerprint density at radius 2 is 2.10 bits per heavy atom. The van der Waals surface area contributed by atoms with E-state index in [0.29, 0.717) is 11.1 Å². The van der Waals surface area contributed by atoms with E-state index in [1.54, 1.807) is 17.1 Å². The number of aromatic nitrogens is 3. The van der Waals surface area contributed by atoms with E-state index in [1.165, 1.54) is 0 Å². The van der Waals surface area contributed by atoms with Gasteiger partial charge in [-0.3, -0.25) is 0 Å². The topological polar surface area (TPSA) is 42.7 Å². The van der Waals surface area contributed by atoms with Crippen molar-refractivity contribution in [1.29, 1.82) is 0 Å². The van der Waals surface area contributed by atoms with E-state index in [9.17, 15) is 0 Å². The van der Waals surface area contributed by atoms with Gasteiger partial charge in [-0.25, -0.2) is 9.67 Å². The van der Waals surface area contributed by atoms with Crippen molar-refractivity contribution < 1.29 is 0 Å². The third-order valence-electron chi connectivity index (χ3n) is 3.23. The fraction of sp³-hybridized carbons (Fsp3) is 0.250. The van der Waals surface area contributed by atoms with Crippen LogP contribution in [0.5, 0.6) is 0 Å². The molecule has 0 aliphatic heterocycles. The highest BCUT2D eigenvalue weighted by Crippen LogP contribution is 2.22. The molecular weight excluding hydrogens is 284 g/mol. The Kier molecular flexibility index (Phi) is 3.90. The number of benzene rings is 1. The minimum atomic E-state index is 0.417. The predicted molar refractivity (Wildman–Crippen MR) is 85.9 cm³/mol. The zero-order chi connectivity index (χ0) is 14.8. The van der Waals surface area contributed by atoms with Gasteiger partial charge in [0.05, 0.1) is 23.1 Å². The van der Waals surface area contributed by atoms with Crippen LogP contribution in [0.1, 0.15) is 19.5 Å². The number of hydrogen-bond acceptors (Lipinski definition) is 3. The highest BCUT2D eigenvalue weighted by atomic mass is 35.5. The highest BCUT2D eigenvalue weighted by Gasteiger charge is 2.09. The number of fused-ring (bicyclic) bond motifs is 1. The fourth-order valence-corrected chi connectivity index (χ4v) is 2.36. The molecule has 4 nitrogen and oxygen atoms in total. The molecule has 0 radical (unpaired) electrons. The van der Waals surface area contributed by atoms with Crippen molar-refractivity contribution >= 4 is 22.4 Å². The molecule has 0 spiro atoms. The average Bonchev–Trinajstić information content (AvgIpc) is 2.90. The van der Waals surface area contributed by atoms with Crippen molar-refractivity contribution in [3.8, 4) is 5.82 Å². The Morgan fingerprint density at radius 1 is 1.29 bits per heavy atom. The van der Waals surface area contributed by atoms with Gasteiger partial charge in [0.15, 0.2) is 5.82 Å². The normalized spacial score (nSPS) is 11.4. The van der Waals surface area contributed by atoms with Gasteiger partial charge in [-0.15, -0.1) is 0 Å². The molecule has 0 saturated carbocycles. The van der Waals surface area contributed by atoms with Crippen LogP contribution in [0.4, 0.5) is 0 Å². The molecule has 2 heterocycles. The molecule has 5 heteroatoms. The molecular formula is C16H17ClN4. The summed E-state index contributed by atoms with van der Waals surface area (Å²) >= 11 is 5.98. The monoisotopic (exact) mass is 300 g/mol. The highest BCUT2D eigenvalue weighted by molar-refractivity contribution is 6.30. The molecule has 3 aromatic rings. The summed E-state index contributed by atoms with van der Waals surface area (Å²) in [6, 6.07) is 10.7. The van der Waals surface area contributed by atoms with Gasteiger partial charge in [-0.05, 0) is 11.5 Å². The quantitative estimate of drug-likeness (QED) is 0.801. The van der Waals surface area contributed by atoms with Crippen LogP contribution >= 0.6 is 11.6 Å². The van der Waals surface area contributed by atoms with Gasteiger partial charge in [0, 0.05) is 18.0 Å². The first-order valence-corrected chi connectivity index (χ1v) is 7.34. The summed E-state index contributed by atoms with van der Waals surface area (Å²) in [5, 5.41) is 10.5. The molecule has 0 amide bonds. The van der Waals surface area contributed by atoms with Gasteiger partial charge in [-0.2, -0.15) is 5.10 Å². The fourth-order valence-electron chi connectivity index (χ4n) is 2.23. The molecule has 1 aromatic carbocycles. The Labute approximate surface area is 128 Å². The molecule has 0 unspecified atom stereocenters. The number of pyridine rings is 1. The van der Waals surface area contributed by atoms with Crippen molar-refractivity contribution in [2.75, 3.05) is 0 Å². The van der Waals surface area contributed by atoms with Crippen LogP contribution < -0.4 is 5.32 Å². The molecule has 21 heavy (non-hydrogen) atoms. The molecule has 3 rings (SSSR count). The van der Waals surface area contributed by atoms with Crippen LogP contribution in [0.3, 0.4) is 0 Å². The van der Waals surface area contributed by atoms with E-state index >= 15 is 0 Å². The maximum atomic E-state index is 5.98. The van der Waals surface area contributed by atoms with E-state index in [0.717, 1.165) is 28.8 Å². The van der Waals surface area contributed by atoms with E-state index in [2.05, 4.69) is 36.4 Å². The first-order chi connectivity index (χ1) is 10.1. The van der Waals surface area contributed by atoms with Crippen molar-refractivity contribution in [2.45, 2.75) is 26.4 Å². The standard InChI is InChI=1S/C16H17ClN4/c1-11(2)18-9-14-7-12-5-3-4-6-15(12)16(20-14)21-10-13(17)8-19-21/h3-8,10-11,18H,9H2,1-2H3. The lowest BCUT2D eigenvalue weighted by Gasteiger charge is -2.11. The Balaban J connectivity index is 2.11. The summed E-state index contributed by atoms with van der Waals surface area (Å²) in [6.07, 6.45) is 3.40. The summed E-state index contributed by atoms with van der Waals surface area (Å²) in [6.45, 7) is 4.97. The summed E-state index contributed by atoms with van der Waals surface area (Å²) in [4.78, 5) is 4.74. The van der Waals surface area contributed by atoms with Crippen molar-refractivity contribution in [1.82, 2.24) is 20.1 Å². The van der Waals surface area contributed by atoms with Crippen molar-refractivity contribution in [3.63, 3.8) is 0 Å². The SMILES string of the molecule is CC(C)NCc1cc2ccccc2c(-n2cc(Cl)cn2)n1. The molecule has 0 aliphatic rings. The number of nitrogens with one attached hydrogen (secondary N) is 1. The molecule has 0 saturated heterocycles. The lowest BCUT2D eigenvalue weighted by molar-refractivity contribution is 0.581. The van der Waals surface area contributed by atoms with Crippen LogP contribution in [0.15, 0.2) is 42.7 Å².